The maximum absolute atomic E-state index is 9.84. The summed E-state index contributed by atoms with van der Waals surface area (Å²) in [6, 6.07) is 0. The summed E-state index contributed by atoms with van der Waals surface area (Å²) in [6.07, 6.45) is 4.99. The van der Waals surface area contributed by atoms with E-state index < -0.39 is 5.72 Å². The molecule has 0 amide bonds. The van der Waals surface area contributed by atoms with Crippen molar-refractivity contribution in [3.63, 3.8) is 0 Å². The second-order valence-corrected chi connectivity index (χ2v) is 3.14. The van der Waals surface area contributed by atoms with Crippen molar-refractivity contribution in [3.8, 4) is 0 Å². The molecule has 11 heavy (non-hydrogen) atoms. The predicted octanol–water partition coefficient (Wildman–Crippen LogP) is 1.88. The molecule has 2 heteroatoms. The molecule has 0 saturated heterocycles. The van der Waals surface area contributed by atoms with Gasteiger partial charge in [0.05, 0.1) is 0 Å². The number of aliphatic hydroxyl groups is 1. The van der Waals surface area contributed by atoms with Crippen LogP contribution in [0.25, 0.3) is 0 Å². The molecule has 0 aliphatic carbocycles. The Morgan fingerprint density at radius 1 is 1.18 bits per heavy atom. The van der Waals surface area contributed by atoms with Gasteiger partial charge in [-0.15, -0.1) is 0 Å². The number of rotatable bonds is 6. The highest BCUT2D eigenvalue weighted by Gasteiger charge is 2.21. The van der Waals surface area contributed by atoms with E-state index in [0.29, 0.717) is 0 Å². The molecule has 68 valence electrons. The van der Waals surface area contributed by atoms with Crippen molar-refractivity contribution in [3.05, 3.63) is 0 Å². The number of nitrogens with one attached hydrogen (secondary N) is 1. The third-order valence-corrected chi connectivity index (χ3v) is 2.07. The van der Waals surface area contributed by atoms with Gasteiger partial charge in [-0.25, -0.2) is 0 Å². The van der Waals surface area contributed by atoms with Gasteiger partial charge in [0.1, 0.15) is 5.72 Å². The summed E-state index contributed by atoms with van der Waals surface area (Å²) in [6.45, 7) is 4.23. The molecule has 0 aromatic heterocycles. The van der Waals surface area contributed by atoms with Gasteiger partial charge in [-0.1, -0.05) is 26.7 Å². The van der Waals surface area contributed by atoms with Crippen LogP contribution < -0.4 is 5.32 Å². The molecule has 1 atom stereocenters. The number of hydrogen-bond acceptors (Lipinski definition) is 2. The van der Waals surface area contributed by atoms with E-state index in [0.717, 1.165) is 32.1 Å². The fourth-order valence-electron chi connectivity index (χ4n) is 1.26. The zero-order chi connectivity index (χ0) is 8.74. The molecule has 0 fully saturated rings. The fraction of sp³-hybridized carbons (Fsp3) is 1.00. The monoisotopic (exact) mass is 159 g/mol. The first-order chi connectivity index (χ1) is 5.18. The maximum Gasteiger partial charge on any atom is 0.115 e. The van der Waals surface area contributed by atoms with Gasteiger partial charge in [-0.2, -0.15) is 0 Å². The zero-order valence-corrected chi connectivity index (χ0v) is 7.98. The van der Waals surface area contributed by atoms with Crippen LogP contribution in [0.1, 0.15) is 46.0 Å². The van der Waals surface area contributed by atoms with Crippen LogP contribution in [0.3, 0.4) is 0 Å². The minimum Gasteiger partial charge on any atom is -0.376 e. The highest BCUT2D eigenvalue weighted by atomic mass is 16.3. The van der Waals surface area contributed by atoms with Crippen molar-refractivity contribution in [1.82, 2.24) is 5.32 Å². The Balaban J connectivity index is 3.68. The van der Waals surface area contributed by atoms with Gasteiger partial charge in [0, 0.05) is 0 Å². The minimum absolute atomic E-state index is 0.606. The number of unbranched alkanes of at least 4 members (excludes halogenated alkanes) is 1. The lowest BCUT2D eigenvalue weighted by Crippen LogP contribution is -2.42. The molecule has 0 rings (SSSR count). The van der Waals surface area contributed by atoms with E-state index in [-0.39, 0.29) is 0 Å². The molecule has 0 heterocycles. The molecule has 0 aromatic rings. The van der Waals surface area contributed by atoms with Crippen LogP contribution in [0.5, 0.6) is 0 Å². The molecule has 0 radical (unpaired) electrons. The second-order valence-electron chi connectivity index (χ2n) is 3.14. The Morgan fingerprint density at radius 2 is 1.82 bits per heavy atom. The van der Waals surface area contributed by atoms with Gasteiger partial charge in [0.2, 0.25) is 0 Å². The van der Waals surface area contributed by atoms with E-state index in [2.05, 4.69) is 19.2 Å². The third-order valence-electron chi connectivity index (χ3n) is 2.07. The van der Waals surface area contributed by atoms with Crippen molar-refractivity contribution in [2.24, 2.45) is 0 Å². The zero-order valence-electron chi connectivity index (χ0n) is 7.98. The quantitative estimate of drug-likeness (QED) is 0.580. The summed E-state index contributed by atoms with van der Waals surface area (Å²) in [7, 11) is 1.82. The van der Waals surface area contributed by atoms with Gasteiger partial charge in [0.15, 0.2) is 0 Å². The van der Waals surface area contributed by atoms with E-state index in [4.69, 9.17) is 0 Å². The van der Waals surface area contributed by atoms with Gasteiger partial charge in [-0.3, -0.25) is 5.32 Å². The summed E-state index contributed by atoms with van der Waals surface area (Å²) in [5.41, 5.74) is -0.606. The maximum atomic E-state index is 9.84. The topological polar surface area (TPSA) is 32.3 Å². The highest BCUT2D eigenvalue weighted by molar-refractivity contribution is 4.72. The molecule has 0 aliphatic rings. The Bertz CT molecular complexity index is 95.6. The van der Waals surface area contributed by atoms with Crippen LogP contribution in [0.2, 0.25) is 0 Å². The van der Waals surface area contributed by atoms with Crippen molar-refractivity contribution < 1.29 is 5.11 Å². The lowest BCUT2D eigenvalue weighted by atomic mass is 10.0. The van der Waals surface area contributed by atoms with Crippen molar-refractivity contribution in [2.45, 2.75) is 51.7 Å². The van der Waals surface area contributed by atoms with E-state index in [1.165, 1.54) is 0 Å². The summed E-state index contributed by atoms with van der Waals surface area (Å²) in [5, 5.41) is 12.8. The van der Waals surface area contributed by atoms with Crippen LogP contribution in [0.4, 0.5) is 0 Å². The molecule has 2 nitrogen and oxygen atoms in total. The first kappa shape index (κ1) is 10.9. The van der Waals surface area contributed by atoms with Crippen molar-refractivity contribution in [1.29, 1.82) is 0 Å². The molecule has 0 bridgehead atoms. The SMILES string of the molecule is CCCCC(O)(CCC)NC. The predicted molar refractivity (Wildman–Crippen MR) is 48.4 cm³/mol. The van der Waals surface area contributed by atoms with Gasteiger partial charge in [0.25, 0.3) is 0 Å². The van der Waals surface area contributed by atoms with Gasteiger partial charge in [-0.05, 0) is 26.3 Å². The minimum atomic E-state index is -0.606. The molecule has 1 unspecified atom stereocenters. The largest absolute Gasteiger partial charge is 0.376 e. The van der Waals surface area contributed by atoms with Crippen LogP contribution in [-0.2, 0) is 0 Å². The van der Waals surface area contributed by atoms with E-state index in [1.807, 2.05) is 7.05 Å². The lowest BCUT2D eigenvalue weighted by molar-refractivity contribution is -0.00636. The van der Waals surface area contributed by atoms with Crippen molar-refractivity contribution >= 4 is 0 Å². The van der Waals surface area contributed by atoms with E-state index >= 15 is 0 Å². The summed E-state index contributed by atoms with van der Waals surface area (Å²) >= 11 is 0. The standard InChI is InChI=1S/C9H21NO/c1-4-6-8-9(11,10-3)7-5-2/h10-11H,4-8H2,1-3H3. The Labute approximate surface area is 70.0 Å². The van der Waals surface area contributed by atoms with Gasteiger partial charge >= 0.3 is 0 Å². The Kier molecular flexibility index (Phi) is 5.51. The van der Waals surface area contributed by atoms with Crippen LogP contribution in [0, 0.1) is 0 Å². The molecule has 2 N–H and O–H groups in total. The normalized spacial score (nSPS) is 16.4. The third kappa shape index (κ3) is 4.38. The fourth-order valence-corrected chi connectivity index (χ4v) is 1.26. The average molecular weight is 159 g/mol. The summed E-state index contributed by atoms with van der Waals surface area (Å²) < 4.78 is 0. The first-order valence-electron chi connectivity index (χ1n) is 4.59. The van der Waals surface area contributed by atoms with Crippen LogP contribution in [-0.4, -0.2) is 17.9 Å². The van der Waals surface area contributed by atoms with Crippen LogP contribution >= 0.6 is 0 Å². The molecule has 0 saturated carbocycles. The van der Waals surface area contributed by atoms with E-state index in [9.17, 15) is 5.11 Å². The molecule has 0 aromatic carbocycles. The molecule has 0 aliphatic heterocycles. The Morgan fingerprint density at radius 3 is 2.18 bits per heavy atom. The summed E-state index contributed by atoms with van der Waals surface area (Å²) in [5.74, 6) is 0. The first-order valence-corrected chi connectivity index (χ1v) is 4.59. The lowest BCUT2D eigenvalue weighted by Gasteiger charge is -2.27. The Hall–Kier alpha value is -0.0800. The molecule has 0 spiro atoms. The number of hydrogen-bond donors (Lipinski definition) is 2. The van der Waals surface area contributed by atoms with Crippen LogP contribution in [0.15, 0.2) is 0 Å². The molecular weight excluding hydrogens is 138 g/mol. The van der Waals surface area contributed by atoms with E-state index in [1.54, 1.807) is 0 Å². The smallest absolute Gasteiger partial charge is 0.115 e. The molecular formula is C9H21NO. The second kappa shape index (κ2) is 5.56. The summed E-state index contributed by atoms with van der Waals surface area (Å²) in [4.78, 5) is 0. The van der Waals surface area contributed by atoms with Gasteiger partial charge < -0.3 is 5.11 Å². The average Bonchev–Trinajstić information content (AvgIpc) is 2.02. The highest BCUT2D eigenvalue weighted by Crippen LogP contribution is 2.16. The van der Waals surface area contributed by atoms with Crippen molar-refractivity contribution in [2.75, 3.05) is 7.05 Å².